The van der Waals surface area contributed by atoms with Gasteiger partial charge in [0.1, 0.15) is 23.9 Å². The highest BCUT2D eigenvalue weighted by Crippen LogP contribution is 2.29. The number of aliphatic hydroxyl groups excluding tert-OH is 1. The minimum Gasteiger partial charge on any atom is -0.480 e. The molecule has 4 amide bonds. The van der Waals surface area contributed by atoms with Gasteiger partial charge < -0.3 is 41.7 Å². The summed E-state index contributed by atoms with van der Waals surface area (Å²) in [6, 6.07) is -4.24. The molecule has 60 heavy (non-hydrogen) atoms. The molecular weight excluding hydrogens is 777 g/mol. The zero-order chi connectivity index (χ0) is 44.7. The first-order chi connectivity index (χ1) is 28.6. The normalized spacial score (nSPS) is 16.6. The zero-order valence-corrected chi connectivity index (χ0v) is 36.3. The van der Waals surface area contributed by atoms with Crippen LogP contribution in [0, 0.1) is 17.8 Å². The summed E-state index contributed by atoms with van der Waals surface area (Å²) in [5, 5.41) is 47.6. The van der Waals surface area contributed by atoms with Crippen molar-refractivity contribution in [3.05, 3.63) is 0 Å². The first-order valence-corrected chi connectivity index (χ1v) is 22.6. The number of carboxylic acid groups (broad SMARTS) is 3. The summed E-state index contributed by atoms with van der Waals surface area (Å²) in [4.78, 5) is 97.5. The molecule has 0 radical (unpaired) electrons. The Bertz CT molecular complexity index is 1320. The number of hydrogen-bond donors (Lipinski definition) is 8. The smallest absolute Gasteiger partial charge is 0.326 e. The number of carbonyl (C=O) groups excluding carboxylic acids is 5. The number of carboxylic acids is 3. The zero-order valence-electron chi connectivity index (χ0n) is 36.3. The largest absolute Gasteiger partial charge is 0.480 e. The van der Waals surface area contributed by atoms with Crippen molar-refractivity contribution in [3.8, 4) is 0 Å². The summed E-state index contributed by atoms with van der Waals surface area (Å²) >= 11 is 0. The van der Waals surface area contributed by atoms with Gasteiger partial charge in [0.15, 0.2) is 0 Å². The van der Waals surface area contributed by atoms with Gasteiger partial charge in [0, 0.05) is 50.7 Å². The number of carbonyl (C=O) groups is 8. The SMILES string of the molecule is CC(C)C(=O)CC[C@H](NC(=O)CC[C@H](NC(=O)CC[C@H](NC(=O)C1CCC(CNC(=O)CCCCCCCCCCCCCCCCCO)CC1)C(=O)O)C(=O)O)C(=O)O. The number of unbranched alkanes of at least 4 members (excludes halogenated alkanes) is 14. The highest BCUT2D eigenvalue weighted by Gasteiger charge is 2.31. The molecule has 16 nitrogen and oxygen atoms in total. The number of rotatable bonds is 36. The molecule has 0 aromatic heterocycles. The standard InChI is InChI=1S/C44H76N4O12/c1-31(2)37(50)26-23-34(42(55)56)46-39(52)27-24-35(43(57)58)47-40(53)28-25-36(44(59)60)48-41(54)33-21-19-32(20-22-33)30-45-38(51)18-16-14-12-10-8-6-4-3-5-7-9-11-13-15-17-29-49/h31-36,49H,3-30H2,1-2H3,(H,45,51)(H,46,52)(H,47,53)(H,48,54)(H,55,56)(H,57,58)(H,59,60)/t32?,33?,34-,35-,36-/m0/s1. The molecule has 0 saturated heterocycles. The minimum absolute atomic E-state index is 0.0354. The van der Waals surface area contributed by atoms with E-state index in [0.717, 1.165) is 32.1 Å². The van der Waals surface area contributed by atoms with Gasteiger partial charge in [0.25, 0.3) is 0 Å². The van der Waals surface area contributed by atoms with Crippen LogP contribution in [0.4, 0.5) is 0 Å². The first kappa shape index (κ1) is 53.9. The Morgan fingerprint density at radius 2 is 0.867 bits per heavy atom. The molecule has 344 valence electrons. The average Bonchev–Trinajstić information content (AvgIpc) is 3.21. The molecule has 1 aliphatic rings. The molecule has 16 heteroatoms. The van der Waals surface area contributed by atoms with Gasteiger partial charge in [-0.1, -0.05) is 97.3 Å². The summed E-state index contributed by atoms with van der Waals surface area (Å²) in [6.45, 7) is 4.19. The number of amides is 4. The maximum absolute atomic E-state index is 13.0. The van der Waals surface area contributed by atoms with Crippen molar-refractivity contribution in [1.29, 1.82) is 0 Å². The van der Waals surface area contributed by atoms with Crippen LogP contribution in [0.1, 0.15) is 181 Å². The molecule has 3 atom stereocenters. The van der Waals surface area contributed by atoms with E-state index < -0.39 is 72.5 Å². The van der Waals surface area contributed by atoms with Crippen LogP contribution in [0.25, 0.3) is 0 Å². The number of aliphatic carboxylic acids is 3. The number of Topliss-reactive ketones (excluding diaryl/α,β-unsaturated/α-hetero) is 1. The molecule has 0 heterocycles. The van der Waals surface area contributed by atoms with Gasteiger partial charge >= 0.3 is 17.9 Å². The molecule has 1 fully saturated rings. The van der Waals surface area contributed by atoms with E-state index in [2.05, 4.69) is 21.3 Å². The van der Waals surface area contributed by atoms with E-state index in [1.54, 1.807) is 13.8 Å². The fourth-order valence-corrected chi connectivity index (χ4v) is 7.39. The lowest BCUT2D eigenvalue weighted by Crippen LogP contribution is -2.46. The molecule has 0 aromatic rings. The minimum atomic E-state index is -1.51. The van der Waals surface area contributed by atoms with Crippen LogP contribution in [0.15, 0.2) is 0 Å². The highest BCUT2D eigenvalue weighted by molar-refractivity contribution is 5.88. The van der Waals surface area contributed by atoms with E-state index in [-0.39, 0.29) is 49.2 Å². The van der Waals surface area contributed by atoms with E-state index in [0.29, 0.717) is 45.3 Å². The Morgan fingerprint density at radius 3 is 1.27 bits per heavy atom. The molecule has 1 rings (SSSR count). The summed E-state index contributed by atoms with van der Waals surface area (Å²) in [6.07, 6.45) is 19.1. The maximum Gasteiger partial charge on any atom is 0.326 e. The van der Waals surface area contributed by atoms with E-state index in [4.69, 9.17) is 5.11 Å². The molecule has 0 spiro atoms. The van der Waals surface area contributed by atoms with Crippen LogP contribution in [-0.2, 0) is 38.4 Å². The van der Waals surface area contributed by atoms with Gasteiger partial charge in [0.2, 0.25) is 23.6 Å². The van der Waals surface area contributed by atoms with Gasteiger partial charge in [-0.15, -0.1) is 0 Å². The van der Waals surface area contributed by atoms with E-state index in [1.165, 1.54) is 64.2 Å². The van der Waals surface area contributed by atoms with Gasteiger partial charge in [0.05, 0.1) is 0 Å². The van der Waals surface area contributed by atoms with Crippen LogP contribution < -0.4 is 21.3 Å². The Hall–Kier alpha value is -4.08. The average molecular weight is 853 g/mol. The Kier molecular flexibility index (Phi) is 29.4. The van der Waals surface area contributed by atoms with Crippen molar-refractivity contribution in [1.82, 2.24) is 21.3 Å². The van der Waals surface area contributed by atoms with E-state index in [1.807, 2.05) is 0 Å². The second-order valence-electron chi connectivity index (χ2n) is 16.9. The van der Waals surface area contributed by atoms with Crippen molar-refractivity contribution in [3.63, 3.8) is 0 Å². The van der Waals surface area contributed by atoms with Crippen molar-refractivity contribution in [2.45, 2.75) is 199 Å². The van der Waals surface area contributed by atoms with E-state index >= 15 is 0 Å². The van der Waals surface area contributed by atoms with Gasteiger partial charge in [-0.05, 0) is 63.7 Å². The molecule has 1 aliphatic carbocycles. The Balaban J connectivity index is 2.28. The summed E-state index contributed by atoms with van der Waals surface area (Å²) in [5.41, 5.74) is 0. The molecule has 0 unspecified atom stereocenters. The van der Waals surface area contributed by atoms with Crippen LogP contribution in [0.3, 0.4) is 0 Å². The Morgan fingerprint density at radius 1 is 0.483 bits per heavy atom. The predicted molar refractivity (Wildman–Crippen MR) is 226 cm³/mol. The monoisotopic (exact) mass is 853 g/mol. The lowest BCUT2D eigenvalue weighted by atomic mass is 9.81. The lowest BCUT2D eigenvalue weighted by Gasteiger charge is -2.28. The molecular formula is C44H76N4O12. The third-order valence-corrected chi connectivity index (χ3v) is 11.4. The Labute approximate surface area is 356 Å². The highest BCUT2D eigenvalue weighted by atomic mass is 16.4. The van der Waals surface area contributed by atoms with Crippen molar-refractivity contribution in [2.75, 3.05) is 13.2 Å². The molecule has 0 aliphatic heterocycles. The van der Waals surface area contributed by atoms with Gasteiger partial charge in [-0.25, -0.2) is 14.4 Å². The number of ketones is 1. The maximum atomic E-state index is 13.0. The first-order valence-electron chi connectivity index (χ1n) is 22.6. The topological polar surface area (TPSA) is 266 Å². The van der Waals surface area contributed by atoms with Crippen LogP contribution in [-0.4, -0.2) is 99.0 Å². The summed E-state index contributed by atoms with van der Waals surface area (Å²) < 4.78 is 0. The second kappa shape index (κ2) is 32.7. The van der Waals surface area contributed by atoms with Crippen molar-refractivity contribution >= 4 is 47.3 Å². The quantitative estimate of drug-likeness (QED) is 0.0368. The fourth-order valence-electron chi connectivity index (χ4n) is 7.39. The molecule has 0 bridgehead atoms. The summed E-state index contributed by atoms with van der Waals surface area (Å²) in [5.74, 6) is -6.76. The van der Waals surface area contributed by atoms with E-state index in [9.17, 15) is 53.7 Å². The van der Waals surface area contributed by atoms with Crippen molar-refractivity contribution in [2.24, 2.45) is 17.8 Å². The number of nitrogens with one attached hydrogen (secondary N) is 4. The number of hydrogen-bond acceptors (Lipinski definition) is 9. The molecule has 8 N–H and O–H groups in total. The van der Waals surface area contributed by atoms with Gasteiger partial charge in [-0.3, -0.25) is 24.0 Å². The van der Waals surface area contributed by atoms with Gasteiger partial charge in [-0.2, -0.15) is 0 Å². The predicted octanol–water partition coefficient (Wildman–Crippen LogP) is 5.42. The number of aliphatic hydroxyl groups is 1. The van der Waals surface area contributed by atoms with Crippen LogP contribution in [0.5, 0.6) is 0 Å². The third-order valence-electron chi connectivity index (χ3n) is 11.4. The van der Waals surface area contributed by atoms with Crippen LogP contribution >= 0.6 is 0 Å². The molecule has 0 aromatic carbocycles. The second-order valence-corrected chi connectivity index (χ2v) is 16.9. The van der Waals surface area contributed by atoms with Crippen LogP contribution in [0.2, 0.25) is 0 Å². The fraction of sp³-hybridized carbons (Fsp3) is 0.818. The third kappa shape index (κ3) is 26.2. The summed E-state index contributed by atoms with van der Waals surface area (Å²) in [7, 11) is 0. The molecule has 1 saturated carbocycles. The lowest BCUT2D eigenvalue weighted by molar-refractivity contribution is -0.144. The van der Waals surface area contributed by atoms with Crippen molar-refractivity contribution < 1.29 is 58.8 Å².